The highest BCUT2D eigenvalue weighted by atomic mass is 16.2. The lowest BCUT2D eigenvalue weighted by Crippen LogP contribution is -2.48. The van der Waals surface area contributed by atoms with Crippen LogP contribution in [0.3, 0.4) is 0 Å². The van der Waals surface area contributed by atoms with Gasteiger partial charge < -0.3 is 4.90 Å². The van der Waals surface area contributed by atoms with Crippen LogP contribution in [0.4, 0.5) is 0 Å². The zero-order valence-electron chi connectivity index (χ0n) is 12.0. The lowest BCUT2D eigenvalue weighted by Gasteiger charge is -2.39. The van der Waals surface area contributed by atoms with Gasteiger partial charge in [0.25, 0.3) is 0 Å². The Bertz CT molecular complexity index is 611. The van der Waals surface area contributed by atoms with E-state index in [1.54, 1.807) is 4.68 Å². The second-order valence-corrected chi connectivity index (χ2v) is 5.67. The zero-order chi connectivity index (χ0) is 14.1. The molecule has 106 valence electrons. The number of hydrogen-bond acceptors (Lipinski definition) is 3. The molecule has 0 radical (unpaired) electrons. The quantitative estimate of drug-likeness (QED) is 0.842. The van der Waals surface area contributed by atoms with Crippen molar-refractivity contribution in [1.29, 1.82) is 0 Å². The van der Waals surface area contributed by atoms with Gasteiger partial charge in [0, 0.05) is 12.1 Å². The molecule has 0 N–H and O–H groups in total. The summed E-state index contributed by atoms with van der Waals surface area (Å²) >= 11 is 0. The van der Waals surface area contributed by atoms with Gasteiger partial charge in [-0.05, 0) is 45.2 Å². The third kappa shape index (κ3) is 2.28. The Hall–Kier alpha value is -1.91. The van der Waals surface area contributed by atoms with E-state index in [2.05, 4.69) is 24.2 Å². The molecular weight excluding hydrogens is 252 g/mol. The van der Waals surface area contributed by atoms with Crippen LogP contribution in [-0.2, 0) is 11.3 Å². The summed E-state index contributed by atoms with van der Waals surface area (Å²) in [4.78, 5) is 14.6. The number of fused-ring (bicyclic) bond motifs is 1. The van der Waals surface area contributed by atoms with Crippen LogP contribution in [0.2, 0.25) is 0 Å². The average Bonchev–Trinajstić information content (AvgIpc) is 2.82. The normalized spacial score (nSPS) is 23.2. The van der Waals surface area contributed by atoms with Crippen LogP contribution in [0, 0.1) is 0 Å². The molecule has 1 fully saturated rings. The van der Waals surface area contributed by atoms with Crippen molar-refractivity contribution < 1.29 is 4.79 Å². The minimum atomic E-state index is 0.139. The van der Waals surface area contributed by atoms with E-state index in [4.69, 9.17) is 0 Å². The van der Waals surface area contributed by atoms with Crippen molar-refractivity contribution in [1.82, 2.24) is 19.9 Å². The molecule has 1 aromatic carbocycles. The number of carbonyl (C=O) groups excluding carboxylic acids is 1. The minimum Gasteiger partial charge on any atom is -0.336 e. The molecule has 0 spiro atoms. The first-order valence-corrected chi connectivity index (χ1v) is 7.26. The van der Waals surface area contributed by atoms with Crippen molar-refractivity contribution >= 4 is 16.9 Å². The standard InChI is InChI=1S/C15H20N4O/c1-11-6-5-7-12(2)19(11)15(20)10-18-14-9-4-3-8-13(14)16-17-18/h3-4,8-9,11-12H,5-7,10H2,1-2H3/t11-,12+. The molecule has 5 heteroatoms. The number of hydrogen-bond donors (Lipinski definition) is 0. The van der Waals surface area contributed by atoms with Gasteiger partial charge in [-0.25, -0.2) is 4.68 Å². The highest BCUT2D eigenvalue weighted by Crippen LogP contribution is 2.23. The SMILES string of the molecule is C[C@@H]1CCC[C@H](C)N1C(=O)Cn1nnc2ccccc21. The first kappa shape index (κ1) is 13.1. The lowest BCUT2D eigenvalue weighted by atomic mass is 9.97. The van der Waals surface area contributed by atoms with E-state index in [1.807, 2.05) is 29.2 Å². The average molecular weight is 272 g/mol. The van der Waals surface area contributed by atoms with Crippen molar-refractivity contribution in [3.63, 3.8) is 0 Å². The van der Waals surface area contributed by atoms with Gasteiger partial charge in [0.1, 0.15) is 12.1 Å². The Balaban J connectivity index is 1.81. The molecule has 1 aliphatic rings. The van der Waals surface area contributed by atoms with Crippen LogP contribution >= 0.6 is 0 Å². The molecule has 1 aliphatic heterocycles. The van der Waals surface area contributed by atoms with Crippen LogP contribution in [0.1, 0.15) is 33.1 Å². The lowest BCUT2D eigenvalue weighted by molar-refractivity contribution is -0.138. The number of nitrogens with zero attached hydrogens (tertiary/aromatic N) is 4. The van der Waals surface area contributed by atoms with Crippen molar-refractivity contribution in [2.24, 2.45) is 0 Å². The van der Waals surface area contributed by atoms with Gasteiger partial charge >= 0.3 is 0 Å². The Morgan fingerprint density at radius 3 is 2.70 bits per heavy atom. The highest BCUT2D eigenvalue weighted by molar-refractivity contribution is 5.80. The van der Waals surface area contributed by atoms with Crippen LogP contribution in [0.15, 0.2) is 24.3 Å². The van der Waals surface area contributed by atoms with Gasteiger partial charge in [-0.1, -0.05) is 17.3 Å². The van der Waals surface area contributed by atoms with Gasteiger partial charge in [0.15, 0.2) is 0 Å². The molecule has 2 atom stereocenters. The molecule has 1 aromatic heterocycles. The fraction of sp³-hybridized carbons (Fsp3) is 0.533. The van der Waals surface area contributed by atoms with Crippen molar-refractivity contribution in [2.45, 2.75) is 51.7 Å². The van der Waals surface area contributed by atoms with Crippen molar-refractivity contribution in [2.75, 3.05) is 0 Å². The summed E-state index contributed by atoms with van der Waals surface area (Å²) in [5.41, 5.74) is 1.75. The van der Waals surface area contributed by atoms with Crippen LogP contribution in [0.5, 0.6) is 0 Å². The number of benzene rings is 1. The van der Waals surface area contributed by atoms with E-state index in [-0.39, 0.29) is 12.5 Å². The second-order valence-electron chi connectivity index (χ2n) is 5.67. The third-order valence-electron chi connectivity index (χ3n) is 4.19. The summed E-state index contributed by atoms with van der Waals surface area (Å²) in [6.07, 6.45) is 3.39. The molecule has 2 heterocycles. The topological polar surface area (TPSA) is 51.0 Å². The number of amides is 1. The van der Waals surface area contributed by atoms with Crippen LogP contribution in [0.25, 0.3) is 11.0 Å². The summed E-state index contributed by atoms with van der Waals surface area (Å²) in [7, 11) is 0. The van der Waals surface area contributed by atoms with Gasteiger partial charge in [-0.3, -0.25) is 4.79 Å². The maximum Gasteiger partial charge on any atom is 0.244 e. The summed E-state index contributed by atoms with van der Waals surface area (Å²) in [6.45, 7) is 4.54. The summed E-state index contributed by atoms with van der Waals surface area (Å²) in [5.74, 6) is 0.139. The largest absolute Gasteiger partial charge is 0.336 e. The zero-order valence-corrected chi connectivity index (χ0v) is 12.0. The first-order chi connectivity index (χ1) is 9.66. The summed E-state index contributed by atoms with van der Waals surface area (Å²) < 4.78 is 1.70. The maximum absolute atomic E-state index is 12.6. The fourth-order valence-electron chi connectivity index (χ4n) is 3.16. The number of piperidine rings is 1. The molecule has 20 heavy (non-hydrogen) atoms. The number of carbonyl (C=O) groups is 1. The van der Waals surface area contributed by atoms with E-state index in [1.165, 1.54) is 6.42 Å². The molecule has 2 aromatic rings. The minimum absolute atomic E-state index is 0.139. The van der Waals surface area contributed by atoms with E-state index in [0.29, 0.717) is 12.1 Å². The van der Waals surface area contributed by atoms with Crippen molar-refractivity contribution in [3.05, 3.63) is 24.3 Å². The van der Waals surface area contributed by atoms with E-state index < -0.39 is 0 Å². The van der Waals surface area contributed by atoms with E-state index in [9.17, 15) is 4.79 Å². The Kier molecular flexibility index (Phi) is 3.42. The Labute approximate surface area is 118 Å². The molecule has 0 saturated carbocycles. The number of aromatic nitrogens is 3. The third-order valence-corrected chi connectivity index (χ3v) is 4.19. The predicted molar refractivity (Wildman–Crippen MR) is 77.1 cm³/mol. The first-order valence-electron chi connectivity index (χ1n) is 7.26. The predicted octanol–water partition coefficient (Wildman–Crippen LogP) is 2.22. The molecule has 1 amide bonds. The molecule has 5 nitrogen and oxygen atoms in total. The molecule has 1 saturated heterocycles. The van der Waals surface area contributed by atoms with Gasteiger partial charge in [-0.2, -0.15) is 0 Å². The molecule has 0 unspecified atom stereocenters. The Morgan fingerprint density at radius 2 is 1.95 bits per heavy atom. The molecular formula is C15H20N4O. The Morgan fingerprint density at radius 1 is 1.25 bits per heavy atom. The van der Waals surface area contributed by atoms with Gasteiger partial charge in [0.2, 0.25) is 5.91 Å². The number of para-hydroxylation sites is 1. The number of rotatable bonds is 2. The van der Waals surface area contributed by atoms with Gasteiger partial charge in [0.05, 0.1) is 5.52 Å². The second kappa shape index (κ2) is 5.23. The van der Waals surface area contributed by atoms with Crippen LogP contribution in [-0.4, -0.2) is 37.9 Å². The van der Waals surface area contributed by atoms with Crippen LogP contribution < -0.4 is 0 Å². The van der Waals surface area contributed by atoms with E-state index >= 15 is 0 Å². The smallest absolute Gasteiger partial charge is 0.244 e. The number of likely N-dealkylation sites (tertiary alicyclic amines) is 1. The molecule has 3 rings (SSSR count). The van der Waals surface area contributed by atoms with E-state index in [0.717, 1.165) is 23.9 Å². The summed E-state index contributed by atoms with van der Waals surface area (Å²) in [5, 5.41) is 8.20. The monoisotopic (exact) mass is 272 g/mol. The fourth-order valence-corrected chi connectivity index (χ4v) is 3.16. The molecule has 0 bridgehead atoms. The van der Waals surface area contributed by atoms with Gasteiger partial charge in [-0.15, -0.1) is 5.10 Å². The highest BCUT2D eigenvalue weighted by Gasteiger charge is 2.29. The molecule has 0 aliphatic carbocycles. The van der Waals surface area contributed by atoms with Crippen molar-refractivity contribution in [3.8, 4) is 0 Å². The summed E-state index contributed by atoms with van der Waals surface area (Å²) in [6, 6.07) is 8.37. The maximum atomic E-state index is 12.6.